The van der Waals surface area contributed by atoms with Gasteiger partial charge in [-0.3, -0.25) is 0 Å². The SMILES string of the molecule is CCOC(COc1ccc(C2=C(c3ccc(C)cc3)CCc3cc(OCc4ccccc4)ccc32)cc1)OCC. The Kier molecular flexibility index (Phi) is 9.33. The minimum atomic E-state index is -0.367. The molecule has 0 spiro atoms. The van der Waals surface area contributed by atoms with Gasteiger partial charge in [0.1, 0.15) is 24.7 Å². The minimum absolute atomic E-state index is 0.354. The fraction of sp³-hybridized carbons (Fsp3) is 0.278. The zero-order valence-electron chi connectivity index (χ0n) is 23.7. The average Bonchev–Trinajstić information content (AvgIpc) is 3.00. The van der Waals surface area contributed by atoms with E-state index in [1.54, 1.807) is 0 Å². The molecule has 0 fully saturated rings. The first-order valence-corrected chi connectivity index (χ1v) is 14.2. The molecule has 0 bridgehead atoms. The molecule has 0 aromatic heterocycles. The van der Waals surface area contributed by atoms with E-state index < -0.39 is 0 Å². The highest BCUT2D eigenvalue weighted by atomic mass is 16.7. The molecule has 4 nitrogen and oxygen atoms in total. The lowest BCUT2D eigenvalue weighted by molar-refractivity contribution is -0.152. The summed E-state index contributed by atoms with van der Waals surface area (Å²) in [6, 6.07) is 34.1. The predicted octanol–water partition coefficient (Wildman–Crippen LogP) is 8.26. The molecule has 0 radical (unpaired) electrons. The second kappa shape index (κ2) is 13.5. The van der Waals surface area contributed by atoms with Crippen molar-refractivity contribution in [3.63, 3.8) is 0 Å². The molecular weight excluding hydrogens is 496 g/mol. The van der Waals surface area contributed by atoms with E-state index in [0.717, 1.165) is 24.3 Å². The summed E-state index contributed by atoms with van der Waals surface area (Å²) in [5, 5.41) is 0. The molecule has 206 valence electrons. The maximum Gasteiger partial charge on any atom is 0.191 e. The van der Waals surface area contributed by atoms with Crippen LogP contribution in [0.2, 0.25) is 0 Å². The van der Waals surface area contributed by atoms with Crippen LogP contribution >= 0.6 is 0 Å². The van der Waals surface area contributed by atoms with Crippen LogP contribution in [0.1, 0.15) is 53.6 Å². The van der Waals surface area contributed by atoms with E-state index in [1.807, 2.05) is 44.2 Å². The molecule has 0 saturated carbocycles. The van der Waals surface area contributed by atoms with Gasteiger partial charge in [-0.25, -0.2) is 0 Å². The lowest BCUT2D eigenvalue weighted by Crippen LogP contribution is -2.25. The highest BCUT2D eigenvalue weighted by Gasteiger charge is 2.22. The highest BCUT2D eigenvalue weighted by molar-refractivity contribution is 6.00. The summed E-state index contributed by atoms with van der Waals surface area (Å²) in [6.45, 7) is 8.13. The Morgan fingerprint density at radius 3 is 2.05 bits per heavy atom. The van der Waals surface area contributed by atoms with E-state index in [1.165, 1.54) is 44.5 Å². The molecule has 4 heteroatoms. The van der Waals surface area contributed by atoms with Crippen LogP contribution in [0.3, 0.4) is 0 Å². The Labute approximate surface area is 238 Å². The molecule has 0 atom stereocenters. The van der Waals surface area contributed by atoms with Gasteiger partial charge in [-0.05, 0) is 96.8 Å². The summed E-state index contributed by atoms with van der Waals surface area (Å²) in [5.74, 6) is 1.70. The van der Waals surface area contributed by atoms with Crippen LogP contribution in [0.4, 0.5) is 0 Å². The fourth-order valence-electron chi connectivity index (χ4n) is 5.17. The topological polar surface area (TPSA) is 36.9 Å². The van der Waals surface area contributed by atoms with Crippen molar-refractivity contribution >= 4 is 11.1 Å². The summed E-state index contributed by atoms with van der Waals surface area (Å²) >= 11 is 0. The summed E-state index contributed by atoms with van der Waals surface area (Å²) in [5.41, 5.74) is 10.1. The van der Waals surface area contributed by atoms with Crippen LogP contribution in [0.5, 0.6) is 11.5 Å². The Bertz CT molecular complexity index is 1400. The first-order valence-electron chi connectivity index (χ1n) is 14.2. The van der Waals surface area contributed by atoms with Crippen LogP contribution in [-0.4, -0.2) is 26.1 Å². The zero-order chi connectivity index (χ0) is 27.7. The fourth-order valence-corrected chi connectivity index (χ4v) is 5.17. The summed E-state index contributed by atoms with van der Waals surface area (Å²) in [4.78, 5) is 0. The van der Waals surface area contributed by atoms with Crippen LogP contribution in [0, 0.1) is 6.92 Å². The van der Waals surface area contributed by atoms with Crippen molar-refractivity contribution in [3.8, 4) is 11.5 Å². The van der Waals surface area contributed by atoms with Gasteiger partial charge in [-0.1, -0.05) is 78.4 Å². The standard InChI is InChI=1S/C36H38O4/c1-4-37-35(38-5-2)25-40-31-18-15-29(16-19-31)36-33(28-13-11-26(3)12-14-28)21-17-30-23-32(20-22-34(30)36)39-24-27-9-7-6-8-10-27/h6-16,18-20,22-23,35H,4-5,17,21,24-25H2,1-3H3. The summed E-state index contributed by atoms with van der Waals surface area (Å²) < 4.78 is 23.4. The average molecular weight is 535 g/mol. The van der Waals surface area contributed by atoms with Crippen LogP contribution in [0.15, 0.2) is 97.1 Å². The smallest absolute Gasteiger partial charge is 0.191 e. The molecule has 0 aliphatic heterocycles. The summed E-state index contributed by atoms with van der Waals surface area (Å²) in [7, 11) is 0. The predicted molar refractivity (Wildman–Crippen MR) is 162 cm³/mol. The number of ether oxygens (including phenoxy) is 4. The van der Waals surface area contributed by atoms with E-state index in [4.69, 9.17) is 18.9 Å². The number of benzene rings is 4. The number of allylic oxidation sites excluding steroid dienone is 1. The molecule has 4 aromatic rings. The number of hydrogen-bond donors (Lipinski definition) is 0. The van der Waals surface area contributed by atoms with Crippen molar-refractivity contribution in [2.45, 2.75) is 46.5 Å². The normalized spacial score (nSPS) is 12.9. The Hall–Kier alpha value is -3.86. The Morgan fingerprint density at radius 1 is 0.675 bits per heavy atom. The quantitative estimate of drug-likeness (QED) is 0.172. The molecule has 4 aromatic carbocycles. The van der Waals surface area contributed by atoms with Crippen LogP contribution in [0.25, 0.3) is 11.1 Å². The second-order valence-corrected chi connectivity index (χ2v) is 9.99. The van der Waals surface area contributed by atoms with Crippen molar-refractivity contribution in [2.75, 3.05) is 19.8 Å². The van der Waals surface area contributed by atoms with E-state index in [0.29, 0.717) is 26.4 Å². The van der Waals surface area contributed by atoms with Gasteiger partial charge in [-0.15, -0.1) is 0 Å². The van der Waals surface area contributed by atoms with Gasteiger partial charge in [0.05, 0.1) is 0 Å². The largest absolute Gasteiger partial charge is 0.489 e. The molecule has 1 aliphatic carbocycles. The van der Waals surface area contributed by atoms with Crippen molar-refractivity contribution in [2.24, 2.45) is 0 Å². The lowest BCUT2D eigenvalue weighted by Gasteiger charge is -2.25. The third-order valence-electron chi connectivity index (χ3n) is 7.17. The van der Waals surface area contributed by atoms with Gasteiger partial charge in [0.25, 0.3) is 0 Å². The highest BCUT2D eigenvalue weighted by Crippen LogP contribution is 2.42. The molecule has 0 saturated heterocycles. The second-order valence-electron chi connectivity index (χ2n) is 9.99. The minimum Gasteiger partial charge on any atom is -0.489 e. The van der Waals surface area contributed by atoms with E-state index >= 15 is 0 Å². The molecular formula is C36H38O4. The zero-order valence-corrected chi connectivity index (χ0v) is 23.7. The van der Waals surface area contributed by atoms with Crippen LogP contribution < -0.4 is 9.47 Å². The third-order valence-corrected chi connectivity index (χ3v) is 7.17. The molecule has 0 heterocycles. The van der Waals surface area contributed by atoms with Gasteiger partial charge in [0.15, 0.2) is 6.29 Å². The van der Waals surface area contributed by atoms with Crippen LogP contribution in [-0.2, 0) is 22.5 Å². The van der Waals surface area contributed by atoms with Gasteiger partial charge >= 0.3 is 0 Å². The van der Waals surface area contributed by atoms with Crippen molar-refractivity contribution < 1.29 is 18.9 Å². The molecule has 0 unspecified atom stereocenters. The van der Waals surface area contributed by atoms with Gasteiger partial charge in [0.2, 0.25) is 0 Å². The van der Waals surface area contributed by atoms with Crippen molar-refractivity contribution in [3.05, 3.63) is 130 Å². The van der Waals surface area contributed by atoms with Crippen molar-refractivity contribution in [1.29, 1.82) is 0 Å². The number of aryl methyl sites for hydroxylation is 2. The third kappa shape index (κ3) is 6.82. The van der Waals surface area contributed by atoms with E-state index in [-0.39, 0.29) is 6.29 Å². The lowest BCUT2D eigenvalue weighted by atomic mass is 9.79. The monoisotopic (exact) mass is 534 g/mol. The van der Waals surface area contributed by atoms with Gasteiger partial charge < -0.3 is 18.9 Å². The number of rotatable bonds is 12. The molecule has 5 rings (SSSR count). The van der Waals surface area contributed by atoms with Gasteiger partial charge in [-0.2, -0.15) is 0 Å². The maximum atomic E-state index is 6.17. The molecule has 0 N–H and O–H groups in total. The van der Waals surface area contributed by atoms with E-state index in [2.05, 4.69) is 73.7 Å². The Balaban J connectivity index is 1.43. The molecule has 0 amide bonds. The number of hydrogen-bond acceptors (Lipinski definition) is 4. The van der Waals surface area contributed by atoms with E-state index in [9.17, 15) is 0 Å². The number of fused-ring (bicyclic) bond motifs is 1. The first kappa shape index (κ1) is 27.7. The van der Waals surface area contributed by atoms with Crippen molar-refractivity contribution in [1.82, 2.24) is 0 Å². The maximum absolute atomic E-state index is 6.17. The molecule has 1 aliphatic rings. The Morgan fingerprint density at radius 2 is 1.35 bits per heavy atom. The summed E-state index contributed by atoms with van der Waals surface area (Å²) in [6.07, 6.45) is 1.58. The first-order chi connectivity index (χ1) is 19.6. The molecule has 40 heavy (non-hydrogen) atoms. The van der Waals surface area contributed by atoms with Gasteiger partial charge in [0, 0.05) is 13.2 Å².